The third-order valence-electron chi connectivity index (χ3n) is 2.59. The van der Waals surface area contributed by atoms with E-state index in [0.717, 1.165) is 5.56 Å². The molecular formula is C14H13NO4. The number of nitro benzene ring substituents is 1. The Bertz CT molecular complexity index is 569. The summed E-state index contributed by atoms with van der Waals surface area (Å²) in [5.41, 5.74) is 1.38. The molecule has 0 radical (unpaired) electrons. The standard InChI is InChI=1S/C14H13NO4/c1-18-10-19-12-7-8-13(14(9-12)15(16)17)11-5-3-2-4-6-11/h2-9H,10H2,1H3. The van der Waals surface area contributed by atoms with Gasteiger partial charge in [0.25, 0.3) is 5.69 Å². The number of benzene rings is 2. The number of nitro groups is 1. The van der Waals surface area contributed by atoms with Crippen molar-refractivity contribution in [3.63, 3.8) is 0 Å². The first-order valence-corrected chi connectivity index (χ1v) is 5.68. The van der Waals surface area contributed by atoms with E-state index in [1.165, 1.54) is 13.2 Å². The summed E-state index contributed by atoms with van der Waals surface area (Å²) in [7, 11) is 1.49. The minimum Gasteiger partial charge on any atom is -0.467 e. The molecule has 19 heavy (non-hydrogen) atoms. The van der Waals surface area contributed by atoms with Crippen molar-refractivity contribution in [2.45, 2.75) is 0 Å². The second-order valence-electron chi connectivity index (χ2n) is 3.85. The Morgan fingerprint density at radius 1 is 1.16 bits per heavy atom. The first kappa shape index (κ1) is 13.0. The van der Waals surface area contributed by atoms with Crippen LogP contribution in [0.25, 0.3) is 11.1 Å². The second kappa shape index (κ2) is 5.97. The molecule has 0 saturated heterocycles. The van der Waals surface area contributed by atoms with Crippen molar-refractivity contribution in [3.05, 3.63) is 58.6 Å². The lowest BCUT2D eigenvalue weighted by atomic mass is 10.0. The zero-order valence-corrected chi connectivity index (χ0v) is 10.4. The number of methoxy groups -OCH3 is 1. The van der Waals surface area contributed by atoms with Gasteiger partial charge in [0.15, 0.2) is 6.79 Å². The Morgan fingerprint density at radius 2 is 1.89 bits per heavy atom. The lowest BCUT2D eigenvalue weighted by molar-refractivity contribution is -0.384. The van der Waals surface area contributed by atoms with E-state index in [2.05, 4.69) is 0 Å². The quantitative estimate of drug-likeness (QED) is 0.470. The highest BCUT2D eigenvalue weighted by atomic mass is 16.7. The van der Waals surface area contributed by atoms with E-state index in [0.29, 0.717) is 11.3 Å². The van der Waals surface area contributed by atoms with Crippen LogP contribution < -0.4 is 4.74 Å². The summed E-state index contributed by atoms with van der Waals surface area (Å²) in [6.45, 7) is 0.0574. The van der Waals surface area contributed by atoms with E-state index in [4.69, 9.17) is 9.47 Å². The average Bonchev–Trinajstić information content (AvgIpc) is 2.45. The second-order valence-corrected chi connectivity index (χ2v) is 3.85. The van der Waals surface area contributed by atoms with Gasteiger partial charge in [-0.2, -0.15) is 0 Å². The van der Waals surface area contributed by atoms with Crippen LogP contribution in [0.1, 0.15) is 0 Å². The van der Waals surface area contributed by atoms with Crippen LogP contribution in [0.3, 0.4) is 0 Å². The van der Waals surface area contributed by atoms with Crippen LogP contribution in [0.4, 0.5) is 5.69 Å². The maximum atomic E-state index is 11.1. The van der Waals surface area contributed by atoms with Gasteiger partial charge in [0, 0.05) is 7.11 Å². The molecule has 0 heterocycles. The van der Waals surface area contributed by atoms with Gasteiger partial charge >= 0.3 is 0 Å². The first-order valence-electron chi connectivity index (χ1n) is 5.68. The topological polar surface area (TPSA) is 61.6 Å². The highest BCUT2D eigenvalue weighted by Gasteiger charge is 2.16. The van der Waals surface area contributed by atoms with Gasteiger partial charge in [0.05, 0.1) is 16.6 Å². The van der Waals surface area contributed by atoms with E-state index in [1.807, 2.05) is 30.3 Å². The molecule has 98 valence electrons. The van der Waals surface area contributed by atoms with Gasteiger partial charge in [0.1, 0.15) is 5.75 Å². The molecule has 0 atom stereocenters. The Balaban J connectivity index is 2.41. The highest BCUT2D eigenvalue weighted by molar-refractivity contribution is 5.74. The van der Waals surface area contributed by atoms with Crippen molar-refractivity contribution in [1.29, 1.82) is 0 Å². The Kier molecular flexibility index (Phi) is 4.10. The highest BCUT2D eigenvalue weighted by Crippen LogP contribution is 2.32. The number of rotatable bonds is 5. The predicted molar refractivity (Wildman–Crippen MR) is 71.0 cm³/mol. The third-order valence-corrected chi connectivity index (χ3v) is 2.59. The molecule has 5 heteroatoms. The summed E-state index contributed by atoms with van der Waals surface area (Å²) < 4.78 is 9.98. The Labute approximate surface area is 110 Å². The monoisotopic (exact) mass is 259 g/mol. The maximum Gasteiger partial charge on any atom is 0.280 e. The number of hydrogen-bond donors (Lipinski definition) is 0. The van der Waals surface area contributed by atoms with Crippen molar-refractivity contribution >= 4 is 5.69 Å². The number of nitrogens with zero attached hydrogens (tertiary/aromatic N) is 1. The zero-order chi connectivity index (χ0) is 13.7. The van der Waals surface area contributed by atoms with Gasteiger partial charge < -0.3 is 9.47 Å². The fourth-order valence-corrected chi connectivity index (χ4v) is 1.74. The molecule has 0 aromatic heterocycles. The number of hydrogen-bond acceptors (Lipinski definition) is 4. The molecule has 0 amide bonds. The summed E-state index contributed by atoms with van der Waals surface area (Å²) in [4.78, 5) is 10.7. The maximum absolute atomic E-state index is 11.1. The van der Waals surface area contributed by atoms with Crippen LogP contribution in [0.5, 0.6) is 5.75 Å². The van der Waals surface area contributed by atoms with E-state index in [-0.39, 0.29) is 12.5 Å². The smallest absolute Gasteiger partial charge is 0.280 e. The zero-order valence-electron chi connectivity index (χ0n) is 10.4. The molecule has 2 aromatic carbocycles. The van der Waals surface area contributed by atoms with Crippen molar-refractivity contribution in [2.24, 2.45) is 0 Å². The van der Waals surface area contributed by atoms with Crippen molar-refractivity contribution in [1.82, 2.24) is 0 Å². The molecule has 0 fully saturated rings. The summed E-state index contributed by atoms with van der Waals surface area (Å²) in [5, 5.41) is 11.1. The molecule has 0 aliphatic heterocycles. The van der Waals surface area contributed by atoms with Crippen molar-refractivity contribution in [2.75, 3.05) is 13.9 Å². The molecule has 0 saturated carbocycles. The van der Waals surface area contributed by atoms with Gasteiger partial charge in [0.2, 0.25) is 0 Å². The fourth-order valence-electron chi connectivity index (χ4n) is 1.74. The van der Waals surface area contributed by atoms with Gasteiger partial charge in [-0.1, -0.05) is 30.3 Å². The number of ether oxygens (including phenoxy) is 2. The summed E-state index contributed by atoms with van der Waals surface area (Å²) in [6, 6.07) is 14.0. The molecule has 0 unspecified atom stereocenters. The van der Waals surface area contributed by atoms with Crippen LogP contribution >= 0.6 is 0 Å². The van der Waals surface area contributed by atoms with Crippen LogP contribution in [0.2, 0.25) is 0 Å². The van der Waals surface area contributed by atoms with E-state index in [9.17, 15) is 10.1 Å². The largest absolute Gasteiger partial charge is 0.467 e. The summed E-state index contributed by atoms with van der Waals surface area (Å²) in [5.74, 6) is 0.410. The minimum absolute atomic E-state index is 0.0137. The third kappa shape index (κ3) is 3.08. The van der Waals surface area contributed by atoms with E-state index in [1.54, 1.807) is 12.1 Å². The van der Waals surface area contributed by atoms with Gasteiger partial charge in [-0.25, -0.2) is 0 Å². The molecule has 0 spiro atoms. The molecular weight excluding hydrogens is 246 g/mol. The van der Waals surface area contributed by atoms with Gasteiger partial charge in [-0.15, -0.1) is 0 Å². The molecule has 0 bridgehead atoms. The van der Waals surface area contributed by atoms with Crippen LogP contribution in [0.15, 0.2) is 48.5 Å². The molecule has 2 rings (SSSR count). The van der Waals surface area contributed by atoms with Crippen LogP contribution in [-0.4, -0.2) is 18.8 Å². The van der Waals surface area contributed by atoms with Crippen LogP contribution in [-0.2, 0) is 4.74 Å². The first-order chi connectivity index (χ1) is 9.22. The summed E-state index contributed by atoms with van der Waals surface area (Å²) >= 11 is 0. The molecule has 0 aliphatic rings. The summed E-state index contributed by atoms with van der Waals surface area (Å²) in [6.07, 6.45) is 0. The van der Waals surface area contributed by atoms with Gasteiger partial charge in [-0.3, -0.25) is 10.1 Å². The lowest BCUT2D eigenvalue weighted by Gasteiger charge is -2.07. The van der Waals surface area contributed by atoms with Crippen molar-refractivity contribution in [3.8, 4) is 16.9 Å². The SMILES string of the molecule is COCOc1ccc(-c2ccccc2)c([N+](=O)[O-])c1. The normalized spacial score (nSPS) is 10.2. The van der Waals surface area contributed by atoms with Crippen LogP contribution in [0, 0.1) is 10.1 Å². The Hall–Kier alpha value is -2.40. The molecule has 0 N–H and O–H groups in total. The Morgan fingerprint density at radius 3 is 2.53 bits per heavy atom. The molecule has 0 aliphatic carbocycles. The molecule has 5 nitrogen and oxygen atoms in total. The van der Waals surface area contributed by atoms with E-state index < -0.39 is 4.92 Å². The average molecular weight is 259 g/mol. The molecule has 2 aromatic rings. The van der Waals surface area contributed by atoms with E-state index >= 15 is 0 Å². The van der Waals surface area contributed by atoms with Gasteiger partial charge in [-0.05, 0) is 17.7 Å². The lowest BCUT2D eigenvalue weighted by Crippen LogP contribution is -2.00. The minimum atomic E-state index is -0.415. The predicted octanol–water partition coefficient (Wildman–Crippen LogP) is 3.24. The fraction of sp³-hybridized carbons (Fsp3) is 0.143. The van der Waals surface area contributed by atoms with Crippen molar-refractivity contribution < 1.29 is 14.4 Å².